The number of aromatic nitrogens is 3. The zero-order valence-electron chi connectivity index (χ0n) is 7.38. The zero-order valence-corrected chi connectivity index (χ0v) is 7.38. The Morgan fingerprint density at radius 1 is 0.786 bits per heavy atom. The Labute approximate surface area is 80.4 Å². The first-order chi connectivity index (χ1) is 6.95. The van der Waals surface area contributed by atoms with Gasteiger partial charge in [-0.1, -0.05) is 18.2 Å². The largest absolute Gasteiger partial charge is 0.256 e. The van der Waals surface area contributed by atoms with Crippen LogP contribution in [0.4, 0.5) is 0 Å². The molecule has 0 saturated carbocycles. The molecular formula is C11H7N3. The Bertz CT molecular complexity index is 550. The second kappa shape index (κ2) is 2.73. The first-order valence-electron chi connectivity index (χ1n) is 4.39. The van der Waals surface area contributed by atoms with Gasteiger partial charge in [-0.25, -0.2) is 0 Å². The quantitative estimate of drug-likeness (QED) is 0.499. The predicted molar refractivity (Wildman–Crippen MR) is 54.8 cm³/mol. The average molecular weight is 181 g/mol. The summed E-state index contributed by atoms with van der Waals surface area (Å²) in [5.41, 5.74) is 0.994. The Morgan fingerprint density at radius 3 is 2.64 bits per heavy atom. The van der Waals surface area contributed by atoms with E-state index in [0.29, 0.717) is 0 Å². The monoisotopic (exact) mass is 181 g/mol. The van der Waals surface area contributed by atoms with Crippen LogP contribution in [0, 0.1) is 0 Å². The second-order valence-electron chi connectivity index (χ2n) is 3.13. The van der Waals surface area contributed by atoms with Crippen LogP contribution in [0.1, 0.15) is 0 Å². The van der Waals surface area contributed by atoms with E-state index in [1.54, 1.807) is 12.4 Å². The fourth-order valence-electron chi connectivity index (χ4n) is 1.61. The van der Waals surface area contributed by atoms with Crippen molar-refractivity contribution in [2.24, 2.45) is 0 Å². The molecule has 3 aromatic rings. The Hall–Kier alpha value is -2.03. The SMILES string of the molecule is c1ccc2c(c1)ncc1cnncc12. The molecule has 2 aromatic heterocycles. The minimum Gasteiger partial charge on any atom is -0.256 e. The van der Waals surface area contributed by atoms with Crippen LogP contribution >= 0.6 is 0 Å². The van der Waals surface area contributed by atoms with Gasteiger partial charge in [-0.3, -0.25) is 4.98 Å². The van der Waals surface area contributed by atoms with E-state index in [-0.39, 0.29) is 0 Å². The van der Waals surface area contributed by atoms with E-state index in [0.717, 1.165) is 21.7 Å². The first kappa shape index (κ1) is 7.38. The van der Waals surface area contributed by atoms with E-state index in [4.69, 9.17) is 0 Å². The normalized spacial score (nSPS) is 10.9. The van der Waals surface area contributed by atoms with Crippen LogP contribution in [-0.2, 0) is 0 Å². The molecule has 0 aliphatic heterocycles. The number of hydrogen-bond acceptors (Lipinski definition) is 3. The molecule has 66 valence electrons. The number of pyridine rings is 1. The van der Waals surface area contributed by atoms with Crippen LogP contribution in [0.3, 0.4) is 0 Å². The third-order valence-electron chi connectivity index (χ3n) is 2.30. The number of nitrogens with zero attached hydrogens (tertiary/aromatic N) is 3. The van der Waals surface area contributed by atoms with E-state index < -0.39 is 0 Å². The highest BCUT2D eigenvalue weighted by Crippen LogP contribution is 2.20. The van der Waals surface area contributed by atoms with Gasteiger partial charge in [0.25, 0.3) is 0 Å². The Balaban J connectivity index is 2.61. The van der Waals surface area contributed by atoms with Gasteiger partial charge in [0.15, 0.2) is 0 Å². The second-order valence-corrected chi connectivity index (χ2v) is 3.13. The molecule has 3 heteroatoms. The van der Waals surface area contributed by atoms with Crippen molar-refractivity contribution >= 4 is 21.7 Å². The van der Waals surface area contributed by atoms with E-state index in [1.165, 1.54) is 0 Å². The van der Waals surface area contributed by atoms with Crippen molar-refractivity contribution in [3.8, 4) is 0 Å². The maximum atomic E-state index is 4.34. The Morgan fingerprint density at radius 2 is 1.64 bits per heavy atom. The molecule has 0 saturated heterocycles. The topological polar surface area (TPSA) is 38.7 Å². The molecule has 0 bridgehead atoms. The van der Waals surface area contributed by atoms with Gasteiger partial charge in [0.2, 0.25) is 0 Å². The molecule has 0 amide bonds. The molecule has 0 fully saturated rings. The summed E-state index contributed by atoms with van der Waals surface area (Å²) in [6.45, 7) is 0. The molecule has 0 aliphatic carbocycles. The predicted octanol–water partition coefficient (Wildman–Crippen LogP) is 2.18. The maximum Gasteiger partial charge on any atom is 0.0709 e. The molecule has 0 unspecified atom stereocenters. The minimum absolute atomic E-state index is 0.994. The number of fused-ring (bicyclic) bond motifs is 3. The summed E-state index contributed by atoms with van der Waals surface area (Å²) in [7, 11) is 0. The van der Waals surface area contributed by atoms with Gasteiger partial charge in [0, 0.05) is 22.4 Å². The third-order valence-corrected chi connectivity index (χ3v) is 2.30. The van der Waals surface area contributed by atoms with Crippen molar-refractivity contribution in [3.05, 3.63) is 42.9 Å². The number of rotatable bonds is 0. The molecule has 3 nitrogen and oxygen atoms in total. The number of benzene rings is 1. The van der Waals surface area contributed by atoms with Gasteiger partial charge in [-0.05, 0) is 6.07 Å². The molecule has 0 N–H and O–H groups in total. The van der Waals surface area contributed by atoms with Crippen LogP contribution in [0.5, 0.6) is 0 Å². The van der Waals surface area contributed by atoms with Crippen LogP contribution in [0.15, 0.2) is 42.9 Å². The van der Waals surface area contributed by atoms with E-state index in [2.05, 4.69) is 15.2 Å². The standard InChI is InChI=1S/C11H7N3/c1-2-4-11-9(3-1)10-7-14-13-6-8(10)5-12-11/h1-7H. The lowest BCUT2D eigenvalue weighted by molar-refractivity contribution is 1.05. The molecule has 3 rings (SSSR count). The summed E-state index contributed by atoms with van der Waals surface area (Å²) >= 11 is 0. The van der Waals surface area contributed by atoms with Crippen molar-refractivity contribution in [1.82, 2.24) is 15.2 Å². The fourth-order valence-corrected chi connectivity index (χ4v) is 1.61. The van der Waals surface area contributed by atoms with Crippen molar-refractivity contribution in [3.63, 3.8) is 0 Å². The van der Waals surface area contributed by atoms with E-state index in [9.17, 15) is 0 Å². The van der Waals surface area contributed by atoms with Gasteiger partial charge in [-0.15, -0.1) is 0 Å². The van der Waals surface area contributed by atoms with Crippen LogP contribution < -0.4 is 0 Å². The van der Waals surface area contributed by atoms with Crippen LogP contribution in [0.25, 0.3) is 21.7 Å². The molecular weight excluding hydrogens is 174 g/mol. The summed E-state index contributed by atoms with van der Waals surface area (Å²) in [6.07, 6.45) is 5.33. The third kappa shape index (κ3) is 0.956. The van der Waals surface area contributed by atoms with E-state index in [1.807, 2.05) is 30.5 Å². The van der Waals surface area contributed by atoms with Gasteiger partial charge in [0.1, 0.15) is 0 Å². The molecule has 0 atom stereocenters. The molecule has 0 radical (unpaired) electrons. The highest BCUT2D eigenvalue weighted by Gasteiger charge is 1.99. The molecule has 1 aromatic carbocycles. The molecule has 0 aliphatic rings. The van der Waals surface area contributed by atoms with Gasteiger partial charge < -0.3 is 0 Å². The number of hydrogen-bond donors (Lipinski definition) is 0. The summed E-state index contributed by atoms with van der Waals surface area (Å²) in [4.78, 5) is 4.34. The smallest absolute Gasteiger partial charge is 0.0709 e. The van der Waals surface area contributed by atoms with Crippen molar-refractivity contribution in [1.29, 1.82) is 0 Å². The lowest BCUT2D eigenvalue weighted by Crippen LogP contribution is -1.84. The summed E-state index contributed by atoms with van der Waals surface area (Å²) in [5.74, 6) is 0. The number of para-hydroxylation sites is 1. The molecule has 0 spiro atoms. The average Bonchev–Trinajstić information content (AvgIpc) is 2.29. The summed E-state index contributed by atoms with van der Waals surface area (Å²) < 4.78 is 0. The summed E-state index contributed by atoms with van der Waals surface area (Å²) in [5, 5.41) is 11.0. The highest BCUT2D eigenvalue weighted by molar-refractivity contribution is 6.04. The van der Waals surface area contributed by atoms with Crippen LogP contribution in [0.2, 0.25) is 0 Å². The summed E-state index contributed by atoms with van der Waals surface area (Å²) in [6, 6.07) is 8.03. The highest BCUT2D eigenvalue weighted by atomic mass is 15.1. The van der Waals surface area contributed by atoms with Crippen molar-refractivity contribution in [2.75, 3.05) is 0 Å². The lowest BCUT2D eigenvalue weighted by Gasteiger charge is -2.00. The molecule has 14 heavy (non-hydrogen) atoms. The lowest BCUT2D eigenvalue weighted by atomic mass is 10.1. The van der Waals surface area contributed by atoms with Gasteiger partial charge in [0.05, 0.1) is 17.9 Å². The minimum atomic E-state index is 0.994. The van der Waals surface area contributed by atoms with Crippen molar-refractivity contribution < 1.29 is 0 Å². The first-order valence-corrected chi connectivity index (χ1v) is 4.39. The fraction of sp³-hybridized carbons (Fsp3) is 0. The molecule has 2 heterocycles. The maximum absolute atomic E-state index is 4.34. The van der Waals surface area contributed by atoms with E-state index >= 15 is 0 Å². The Kier molecular flexibility index (Phi) is 1.44. The van der Waals surface area contributed by atoms with Crippen molar-refractivity contribution in [2.45, 2.75) is 0 Å². The van der Waals surface area contributed by atoms with Gasteiger partial charge in [-0.2, -0.15) is 10.2 Å². The zero-order chi connectivity index (χ0) is 9.38. The van der Waals surface area contributed by atoms with Gasteiger partial charge >= 0.3 is 0 Å². The van der Waals surface area contributed by atoms with Crippen LogP contribution in [-0.4, -0.2) is 15.2 Å².